The molecule has 2 aromatic heterocycles. The number of hydrogen-bond donors (Lipinski definition) is 1. The van der Waals surface area contributed by atoms with E-state index in [2.05, 4.69) is 15.3 Å². The Balaban J connectivity index is 1.45. The van der Waals surface area contributed by atoms with Crippen LogP contribution in [0.15, 0.2) is 88.6 Å². The Bertz CT molecular complexity index is 1630. The number of nitrogens with one attached hydrogen (secondary N) is 1. The summed E-state index contributed by atoms with van der Waals surface area (Å²) in [5.41, 5.74) is 4.58. The third kappa shape index (κ3) is 5.28. The standard InChI is InChI=1S/C29H22ClN3O3S/c1-17-11-13-19(14-12-17)26(34)27-24(21-9-5-6-10-23(21)36-27)32-28(35)25-22(30)15-31-29(33-25)37-16-20-8-4-3-7-18(20)2/h3-15H,16H2,1-2H3,(H,32,35). The van der Waals surface area contributed by atoms with Crippen LogP contribution in [0.3, 0.4) is 0 Å². The number of carbonyl (C=O) groups is 2. The maximum Gasteiger partial charge on any atom is 0.276 e. The molecule has 0 atom stereocenters. The molecule has 0 saturated carbocycles. The highest BCUT2D eigenvalue weighted by Crippen LogP contribution is 2.33. The number of benzene rings is 3. The summed E-state index contributed by atoms with van der Waals surface area (Å²) in [5.74, 6) is -0.209. The highest BCUT2D eigenvalue weighted by Gasteiger charge is 2.25. The molecule has 0 bridgehead atoms. The number of ketones is 1. The van der Waals surface area contributed by atoms with Crippen LogP contribution in [0, 0.1) is 13.8 Å². The summed E-state index contributed by atoms with van der Waals surface area (Å²) < 4.78 is 5.90. The Kier molecular flexibility index (Phi) is 7.08. The number of aryl methyl sites for hydroxylation is 2. The lowest BCUT2D eigenvalue weighted by molar-refractivity contribution is 0.101. The van der Waals surface area contributed by atoms with E-state index >= 15 is 0 Å². The van der Waals surface area contributed by atoms with Gasteiger partial charge in [-0.05, 0) is 37.1 Å². The first-order chi connectivity index (χ1) is 17.9. The van der Waals surface area contributed by atoms with Crippen molar-refractivity contribution in [1.82, 2.24) is 9.97 Å². The fraction of sp³-hybridized carbons (Fsp3) is 0.103. The van der Waals surface area contributed by atoms with Crippen molar-refractivity contribution in [3.63, 3.8) is 0 Å². The molecule has 0 spiro atoms. The van der Waals surface area contributed by atoms with Gasteiger partial charge in [0.2, 0.25) is 5.78 Å². The molecule has 0 fully saturated rings. The number of thioether (sulfide) groups is 1. The zero-order chi connectivity index (χ0) is 25.9. The topological polar surface area (TPSA) is 85.1 Å². The summed E-state index contributed by atoms with van der Waals surface area (Å²) in [6.45, 7) is 3.99. The van der Waals surface area contributed by atoms with Crippen molar-refractivity contribution in [1.29, 1.82) is 0 Å². The molecular weight excluding hydrogens is 506 g/mol. The summed E-state index contributed by atoms with van der Waals surface area (Å²) in [6.07, 6.45) is 1.41. The molecule has 5 aromatic rings. The SMILES string of the molecule is Cc1ccc(C(=O)c2oc3ccccc3c2NC(=O)c2nc(SCc3ccccc3C)ncc2Cl)cc1. The van der Waals surface area contributed by atoms with Crippen LogP contribution in [0.4, 0.5) is 5.69 Å². The van der Waals surface area contributed by atoms with Crippen LogP contribution in [0.2, 0.25) is 5.02 Å². The molecule has 0 aliphatic heterocycles. The number of rotatable bonds is 7. The largest absolute Gasteiger partial charge is 0.450 e. The van der Waals surface area contributed by atoms with Crippen molar-refractivity contribution >= 4 is 51.7 Å². The third-order valence-corrected chi connectivity index (χ3v) is 7.10. The van der Waals surface area contributed by atoms with Crippen molar-refractivity contribution in [2.75, 3.05) is 5.32 Å². The van der Waals surface area contributed by atoms with E-state index in [1.165, 1.54) is 23.5 Å². The molecular formula is C29H22ClN3O3S. The Morgan fingerprint density at radius 1 is 0.973 bits per heavy atom. The number of furan rings is 1. The molecule has 0 saturated heterocycles. The Morgan fingerprint density at radius 3 is 2.49 bits per heavy atom. The zero-order valence-corrected chi connectivity index (χ0v) is 21.7. The van der Waals surface area contributed by atoms with E-state index in [1.54, 1.807) is 30.3 Å². The molecule has 37 heavy (non-hydrogen) atoms. The number of fused-ring (bicyclic) bond motifs is 1. The van der Waals surface area contributed by atoms with Gasteiger partial charge in [0.15, 0.2) is 16.6 Å². The Morgan fingerprint density at radius 2 is 1.70 bits per heavy atom. The fourth-order valence-electron chi connectivity index (χ4n) is 3.83. The fourth-order valence-corrected chi connectivity index (χ4v) is 4.90. The predicted octanol–water partition coefficient (Wildman–Crippen LogP) is 7.27. The van der Waals surface area contributed by atoms with Crippen molar-refractivity contribution < 1.29 is 14.0 Å². The van der Waals surface area contributed by atoms with Gasteiger partial charge in [-0.3, -0.25) is 9.59 Å². The smallest absolute Gasteiger partial charge is 0.276 e. The van der Waals surface area contributed by atoms with Crippen molar-refractivity contribution in [3.05, 3.63) is 118 Å². The van der Waals surface area contributed by atoms with Crippen LogP contribution >= 0.6 is 23.4 Å². The van der Waals surface area contributed by atoms with Gasteiger partial charge in [0.25, 0.3) is 5.91 Å². The lowest BCUT2D eigenvalue weighted by Crippen LogP contribution is -2.17. The van der Waals surface area contributed by atoms with Crippen molar-refractivity contribution in [2.24, 2.45) is 0 Å². The monoisotopic (exact) mass is 527 g/mol. The number of amides is 1. The molecule has 2 heterocycles. The van der Waals surface area contributed by atoms with Gasteiger partial charge >= 0.3 is 0 Å². The number of anilines is 1. The zero-order valence-electron chi connectivity index (χ0n) is 20.1. The van der Waals surface area contributed by atoms with Gasteiger partial charge in [-0.15, -0.1) is 0 Å². The average Bonchev–Trinajstić information content (AvgIpc) is 3.27. The number of aromatic nitrogens is 2. The summed E-state index contributed by atoms with van der Waals surface area (Å²) in [5, 5.41) is 3.96. The quantitative estimate of drug-likeness (QED) is 0.136. The number of halogens is 1. The second kappa shape index (κ2) is 10.6. The molecule has 184 valence electrons. The predicted molar refractivity (Wildman–Crippen MR) is 147 cm³/mol. The maximum atomic E-state index is 13.4. The van der Waals surface area contributed by atoms with Crippen LogP contribution in [0.25, 0.3) is 11.0 Å². The van der Waals surface area contributed by atoms with E-state index in [9.17, 15) is 9.59 Å². The minimum atomic E-state index is -0.561. The van der Waals surface area contributed by atoms with Gasteiger partial charge < -0.3 is 9.73 Å². The third-order valence-electron chi connectivity index (χ3n) is 5.91. The van der Waals surface area contributed by atoms with Crippen LogP contribution < -0.4 is 5.32 Å². The summed E-state index contributed by atoms with van der Waals surface area (Å²) in [7, 11) is 0. The van der Waals surface area contributed by atoms with E-state index in [4.69, 9.17) is 16.0 Å². The number of hydrogen-bond acceptors (Lipinski definition) is 6. The van der Waals surface area contributed by atoms with Gasteiger partial charge in [-0.25, -0.2) is 9.97 Å². The lowest BCUT2D eigenvalue weighted by atomic mass is 10.1. The molecule has 0 radical (unpaired) electrons. The van der Waals surface area contributed by atoms with E-state index in [-0.39, 0.29) is 27.9 Å². The number of carbonyl (C=O) groups excluding carboxylic acids is 2. The molecule has 8 heteroatoms. The van der Waals surface area contributed by atoms with Gasteiger partial charge in [0.1, 0.15) is 5.58 Å². The average molecular weight is 528 g/mol. The van der Waals surface area contributed by atoms with Crippen molar-refractivity contribution in [3.8, 4) is 0 Å². The molecule has 3 aromatic carbocycles. The molecule has 6 nitrogen and oxygen atoms in total. The molecule has 0 aliphatic rings. The van der Waals surface area contributed by atoms with E-state index < -0.39 is 5.91 Å². The molecule has 0 unspecified atom stereocenters. The Labute approximate surface area is 223 Å². The maximum absolute atomic E-state index is 13.4. The van der Waals surface area contributed by atoms with Crippen LogP contribution in [0.1, 0.15) is 43.3 Å². The molecule has 5 rings (SSSR count). The summed E-state index contributed by atoms with van der Waals surface area (Å²) >= 11 is 7.73. The second-order valence-corrected chi connectivity index (χ2v) is 9.87. The Hall–Kier alpha value is -3.94. The van der Waals surface area contributed by atoms with E-state index in [0.717, 1.165) is 11.1 Å². The minimum absolute atomic E-state index is 0.0166. The minimum Gasteiger partial charge on any atom is -0.450 e. The normalized spacial score (nSPS) is 11.0. The van der Waals surface area contributed by atoms with Crippen LogP contribution in [0.5, 0.6) is 0 Å². The number of para-hydroxylation sites is 1. The summed E-state index contributed by atoms with van der Waals surface area (Å²) in [6, 6.07) is 22.4. The molecule has 1 amide bonds. The first-order valence-corrected chi connectivity index (χ1v) is 12.9. The van der Waals surface area contributed by atoms with Gasteiger partial charge in [0, 0.05) is 16.7 Å². The van der Waals surface area contributed by atoms with Crippen molar-refractivity contribution in [2.45, 2.75) is 24.8 Å². The highest BCUT2D eigenvalue weighted by atomic mass is 35.5. The van der Waals surface area contributed by atoms with Gasteiger partial charge in [-0.2, -0.15) is 0 Å². The van der Waals surface area contributed by atoms with Crippen LogP contribution in [-0.4, -0.2) is 21.7 Å². The second-order valence-electron chi connectivity index (χ2n) is 8.52. The molecule has 0 aliphatic carbocycles. The first-order valence-electron chi connectivity index (χ1n) is 11.5. The van der Waals surface area contributed by atoms with Gasteiger partial charge in [0.05, 0.1) is 16.9 Å². The first kappa shape index (κ1) is 24.7. The molecule has 1 N–H and O–H groups in total. The summed E-state index contributed by atoms with van der Waals surface area (Å²) in [4.78, 5) is 35.4. The van der Waals surface area contributed by atoms with Gasteiger partial charge in [-0.1, -0.05) is 89.6 Å². The lowest BCUT2D eigenvalue weighted by Gasteiger charge is -2.09. The van der Waals surface area contributed by atoms with E-state index in [1.807, 2.05) is 56.3 Å². The number of nitrogens with zero attached hydrogens (tertiary/aromatic N) is 2. The highest BCUT2D eigenvalue weighted by molar-refractivity contribution is 7.98. The van der Waals surface area contributed by atoms with Crippen LogP contribution in [-0.2, 0) is 5.75 Å². The van der Waals surface area contributed by atoms with E-state index in [0.29, 0.717) is 27.4 Å².